The third-order valence-corrected chi connectivity index (χ3v) is 5.00. The summed E-state index contributed by atoms with van der Waals surface area (Å²) in [7, 11) is 0. The van der Waals surface area contributed by atoms with Crippen LogP contribution in [0.5, 0.6) is 0 Å². The van der Waals surface area contributed by atoms with Crippen molar-refractivity contribution in [3.63, 3.8) is 0 Å². The first-order valence-corrected chi connectivity index (χ1v) is 7.71. The molecule has 1 heteroatoms. The van der Waals surface area contributed by atoms with Gasteiger partial charge in [-0.3, -0.25) is 0 Å². The fourth-order valence-corrected chi connectivity index (χ4v) is 4.07. The highest BCUT2D eigenvalue weighted by atomic mass is 15.0. The third kappa shape index (κ3) is 2.62. The van der Waals surface area contributed by atoms with Gasteiger partial charge in [-0.2, -0.15) is 0 Å². The minimum absolute atomic E-state index is 0.562. The molecule has 1 nitrogen and oxygen atoms in total. The number of hydrogen-bond acceptors (Lipinski definition) is 1. The number of fused-ring (bicyclic) bond motifs is 3. The molecule has 2 aliphatic rings. The molecule has 2 bridgehead atoms. The van der Waals surface area contributed by atoms with E-state index in [-0.39, 0.29) is 0 Å². The minimum atomic E-state index is 0.562. The molecule has 1 aromatic carbocycles. The second-order valence-corrected chi connectivity index (χ2v) is 6.39. The average Bonchev–Trinajstić information content (AvgIpc) is 2.66. The predicted octanol–water partition coefficient (Wildman–Crippen LogP) is 3.73. The zero-order valence-corrected chi connectivity index (χ0v) is 11.9. The Labute approximate surface area is 117 Å². The van der Waals surface area contributed by atoms with Crippen molar-refractivity contribution in [3.05, 3.63) is 48.0 Å². The molecule has 0 aliphatic heterocycles. The predicted molar refractivity (Wildman–Crippen MR) is 81.3 cm³/mol. The SMILES string of the molecule is C=CCC(C)NC1C2CCC1Cc1ccccc1C2. The van der Waals surface area contributed by atoms with Gasteiger partial charge in [0.2, 0.25) is 0 Å². The quantitative estimate of drug-likeness (QED) is 0.808. The Hall–Kier alpha value is -1.08. The van der Waals surface area contributed by atoms with Crippen molar-refractivity contribution < 1.29 is 0 Å². The molecule has 0 amide bonds. The molecule has 0 aromatic heterocycles. The highest BCUT2D eigenvalue weighted by Crippen LogP contribution is 2.40. The second-order valence-electron chi connectivity index (χ2n) is 6.39. The molecule has 0 heterocycles. The van der Waals surface area contributed by atoms with Gasteiger partial charge in [0.25, 0.3) is 0 Å². The van der Waals surface area contributed by atoms with Gasteiger partial charge in [0, 0.05) is 12.1 Å². The Bertz CT molecular complexity index is 418. The first-order valence-electron chi connectivity index (χ1n) is 7.71. The number of rotatable bonds is 4. The van der Waals surface area contributed by atoms with E-state index in [1.165, 1.54) is 25.7 Å². The Kier molecular flexibility index (Phi) is 3.74. The molecule has 1 saturated carbocycles. The van der Waals surface area contributed by atoms with Crippen LogP contribution in [0.25, 0.3) is 0 Å². The van der Waals surface area contributed by atoms with Crippen molar-refractivity contribution in [3.8, 4) is 0 Å². The molecule has 3 rings (SSSR count). The number of benzene rings is 1. The molecular weight excluding hydrogens is 230 g/mol. The summed E-state index contributed by atoms with van der Waals surface area (Å²) in [5.74, 6) is 1.67. The van der Waals surface area contributed by atoms with E-state index in [4.69, 9.17) is 0 Å². The lowest BCUT2D eigenvalue weighted by Gasteiger charge is -2.27. The van der Waals surface area contributed by atoms with Gasteiger partial charge in [-0.25, -0.2) is 0 Å². The van der Waals surface area contributed by atoms with E-state index in [0.717, 1.165) is 18.3 Å². The molecule has 19 heavy (non-hydrogen) atoms. The second kappa shape index (κ2) is 5.50. The summed E-state index contributed by atoms with van der Waals surface area (Å²) < 4.78 is 0. The van der Waals surface area contributed by atoms with E-state index >= 15 is 0 Å². The van der Waals surface area contributed by atoms with E-state index in [1.54, 1.807) is 11.1 Å². The summed E-state index contributed by atoms with van der Waals surface area (Å²) >= 11 is 0. The Morgan fingerprint density at radius 1 is 1.21 bits per heavy atom. The normalized spacial score (nSPS) is 30.5. The molecule has 1 aromatic rings. The van der Waals surface area contributed by atoms with Crippen LogP contribution < -0.4 is 5.32 Å². The van der Waals surface area contributed by atoms with Crippen LogP contribution in [0.1, 0.15) is 37.3 Å². The molecule has 0 spiro atoms. The molecule has 3 unspecified atom stereocenters. The maximum Gasteiger partial charge on any atom is 0.0132 e. The van der Waals surface area contributed by atoms with Crippen LogP contribution in [0, 0.1) is 11.8 Å². The molecule has 3 atom stereocenters. The highest BCUT2D eigenvalue weighted by Gasteiger charge is 2.38. The molecule has 1 fully saturated rings. The van der Waals surface area contributed by atoms with Crippen molar-refractivity contribution in [1.29, 1.82) is 0 Å². The fourth-order valence-electron chi connectivity index (χ4n) is 4.07. The van der Waals surface area contributed by atoms with Crippen molar-refractivity contribution in [2.75, 3.05) is 0 Å². The summed E-state index contributed by atoms with van der Waals surface area (Å²) in [5.41, 5.74) is 3.19. The van der Waals surface area contributed by atoms with Crippen molar-refractivity contribution >= 4 is 0 Å². The van der Waals surface area contributed by atoms with Crippen LogP contribution in [0.3, 0.4) is 0 Å². The zero-order valence-electron chi connectivity index (χ0n) is 11.9. The van der Waals surface area contributed by atoms with Crippen LogP contribution in [0.4, 0.5) is 0 Å². The van der Waals surface area contributed by atoms with Crippen LogP contribution in [0.15, 0.2) is 36.9 Å². The van der Waals surface area contributed by atoms with Crippen molar-refractivity contribution in [2.24, 2.45) is 11.8 Å². The largest absolute Gasteiger partial charge is 0.311 e. The summed E-state index contributed by atoms with van der Waals surface area (Å²) in [6.45, 7) is 6.15. The lowest BCUT2D eigenvalue weighted by Crippen LogP contribution is -2.42. The third-order valence-electron chi connectivity index (χ3n) is 5.00. The minimum Gasteiger partial charge on any atom is -0.311 e. The van der Waals surface area contributed by atoms with Crippen LogP contribution >= 0.6 is 0 Å². The molecule has 1 N–H and O–H groups in total. The van der Waals surface area contributed by atoms with Gasteiger partial charge in [-0.05, 0) is 62.0 Å². The molecule has 102 valence electrons. The smallest absolute Gasteiger partial charge is 0.0132 e. The molecule has 2 aliphatic carbocycles. The van der Waals surface area contributed by atoms with Gasteiger partial charge < -0.3 is 5.32 Å². The lowest BCUT2D eigenvalue weighted by atomic mass is 9.94. The maximum atomic E-state index is 3.89. The van der Waals surface area contributed by atoms with Crippen LogP contribution in [-0.4, -0.2) is 12.1 Å². The summed E-state index contributed by atoms with van der Waals surface area (Å²) in [4.78, 5) is 0. The highest BCUT2D eigenvalue weighted by molar-refractivity contribution is 5.30. The summed E-state index contributed by atoms with van der Waals surface area (Å²) in [6.07, 6.45) is 8.44. The van der Waals surface area contributed by atoms with E-state index in [0.29, 0.717) is 12.1 Å². The van der Waals surface area contributed by atoms with E-state index in [1.807, 2.05) is 6.08 Å². The summed E-state index contributed by atoms with van der Waals surface area (Å²) in [5, 5.41) is 3.89. The lowest BCUT2D eigenvalue weighted by molar-refractivity contribution is 0.313. The number of hydrogen-bond donors (Lipinski definition) is 1. The Balaban J connectivity index is 1.77. The zero-order chi connectivity index (χ0) is 13.2. The average molecular weight is 255 g/mol. The first-order chi connectivity index (χ1) is 9.28. The van der Waals surface area contributed by atoms with Crippen molar-refractivity contribution in [1.82, 2.24) is 5.32 Å². The van der Waals surface area contributed by atoms with E-state index in [9.17, 15) is 0 Å². The van der Waals surface area contributed by atoms with Crippen LogP contribution in [0.2, 0.25) is 0 Å². The van der Waals surface area contributed by atoms with Gasteiger partial charge >= 0.3 is 0 Å². The number of nitrogens with one attached hydrogen (secondary N) is 1. The Morgan fingerprint density at radius 3 is 2.32 bits per heavy atom. The molecule has 0 radical (unpaired) electrons. The van der Waals surface area contributed by atoms with Gasteiger partial charge in [0.15, 0.2) is 0 Å². The maximum absolute atomic E-state index is 3.89. The summed E-state index contributed by atoms with van der Waals surface area (Å²) in [6, 6.07) is 10.3. The van der Waals surface area contributed by atoms with Gasteiger partial charge in [-0.1, -0.05) is 30.3 Å². The standard InChI is InChI=1S/C18H25N/c1-3-6-13(2)19-18-16-9-10-17(18)12-15-8-5-4-7-14(15)11-16/h3-5,7-8,13,16-19H,1,6,9-12H2,2H3. The van der Waals surface area contributed by atoms with E-state index < -0.39 is 0 Å². The topological polar surface area (TPSA) is 12.0 Å². The molecular formula is C18H25N. The monoisotopic (exact) mass is 255 g/mol. The van der Waals surface area contributed by atoms with E-state index in [2.05, 4.69) is 43.1 Å². The first kappa shape index (κ1) is 12.9. The molecule has 0 saturated heterocycles. The van der Waals surface area contributed by atoms with Gasteiger partial charge in [0.05, 0.1) is 0 Å². The van der Waals surface area contributed by atoms with Crippen LogP contribution in [-0.2, 0) is 12.8 Å². The van der Waals surface area contributed by atoms with Gasteiger partial charge in [-0.15, -0.1) is 6.58 Å². The fraction of sp³-hybridized carbons (Fsp3) is 0.556. The van der Waals surface area contributed by atoms with Gasteiger partial charge in [0.1, 0.15) is 0 Å². The Morgan fingerprint density at radius 2 is 1.79 bits per heavy atom. The van der Waals surface area contributed by atoms with Crippen molar-refractivity contribution in [2.45, 2.75) is 51.1 Å².